The molecule has 0 N–H and O–H groups in total. The summed E-state index contributed by atoms with van der Waals surface area (Å²) in [7, 11) is 0. The molecule has 0 atom stereocenters. The minimum atomic E-state index is -2.40. The van der Waals surface area contributed by atoms with Crippen molar-refractivity contribution in [1.82, 2.24) is 9.55 Å². The summed E-state index contributed by atoms with van der Waals surface area (Å²) in [5.74, 6) is 0.547. The number of benzene rings is 5. The molecule has 0 spiro atoms. The van der Waals surface area contributed by atoms with Gasteiger partial charge in [-0.3, -0.25) is 4.57 Å². The molecule has 5 aromatic carbocycles. The first-order valence-electron chi connectivity index (χ1n) is 15.9. The fourth-order valence-electron chi connectivity index (χ4n) is 6.08. The van der Waals surface area contributed by atoms with Crippen molar-refractivity contribution in [2.24, 2.45) is 0 Å². The second-order valence-electron chi connectivity index (χ2n) is 11.5. The molecule has 7 rings (SSSR count). The molecular formula is C38H33FN2O. The number of nitrogens with zero attached hydrogens (tertiary/aromatic N) is 2. The maximum atomic E-state index is 14.4. The topological polar surface area (TPSA) is 31.0 Å². The molecule has 0 fully saturated rings. The van der Waals surface area contributed by atoms with E-state index >= 15 is 0 Å². The maximum absolute atomic E-state index is 14.4. The fraction of sp³-hybridized carbons (Fsp3) is 0.184. The van der Waals surface area contributed by atoms with Gasteiger partial charge >= 0.3 is 0 Å². The zero-order valence-corrected chi connectivity index (χ0v) is 24.1. The van der Waals surface area contributed by atoms with Crippen LogP contribution in [0.4, 0.5) is 4.39 Å². The lowest BCUT2D eigenvalue weighted by atomic mass is 9.88. The van der Waals surface area contributed by atoms with Crippen LogP contribution in [-0.4, -0.2) is 9.55 Å². The molecule has 0 saturated carbocycles. The van der Waals surface area contributed by atoms with E-state index in [1.165, 1.54) is 23.3 Å². The summed E-state index contributed by atoms with van der Waals surface area (Å²) in [6.45, 7) is 6.41. The fourth-order valence-corrected chi connectivity index (χ4v) is 6.08. The maximum Gasteiger partial charge on any atom is 0.149 e. The number of fused-ring (bicyclic) bond motifs is 4. The summed E-state index contributed by atoms with van der Waals surface area (Å²) in [5.41, 5.74) is 8.91. The summed E-state index contributed by atoms with van der Waals surface area (Å²) in [6.07, 6.45) is 0. The van der Waals surface area contributed by atoms with Crippen LogP contribution in [0.3, 0.4) is 0 Å². The van der Waals surface area contributed by atoms with Gasteiger partial charge in [0.25, 0.3) is 0 Å². The van der Waals surface area contributed by atoms with Crippen LogP contribution in [0.2, 0.25) is 0 Å². The molecule has 2 aromatic heterocycles. The van der Waals surface area contributed by atoms with Crippen molar-refractivity contribution >= 4 is 33.0 Å². The Hall–Kier alpha value is -4.70. The SMILES string of the molecule is [2H]C([2H])([2H])c1ccc(-c2nc3ccccc3n2-c2c(C(C)C)cc(-c3ccccc3)cc2C(C)C)c2oc3cc(F)ccc3c12. The van der Waals surface area contributed by atoms with E-state index in [1.807, 2.05) is 24.3 Å². The zero-order valence-electron chi connectivity index (χ0n) is 27.1. The molecule has 4 heteroatoms. The van der Waals surface area contributed by atoms with Gasteiger partial charge in [-0.15, -0.1) is 0 Å². The van der Waals surface area contributed by atoms with Gasteiger partial charge in [0, 0.05) is 21.0 Å². The van der Waals surface area contributed by atoms with Gasteiger partial charge in [-0.1, -0.05) is 76.2 Å². The van der Waals surface area contributed by atoms with Crippen molar-refractivity contribution in [2.45, 2.75) is 46.4 Å². The molecule has 42 heavy (non-hydrogen) atoms. The van der Waals surface area contributed by atoms with Gasteiger partial charge < -0.3 is 4.42 Å². The monoisotopic (exact) mass is 555 g/mol. The first-order valence-corrected chi connectivity index (χ1v) is 14.4. The Labute approximate surface area is 249 Å². The standard InChI is InChI=1S/C38H33FN2O/c1-22(2)30-19-26(25-11-7-6-8-12-25)20-31(23(3)4)36(30)41-33-14-10-9-13-32(33)40-38(41)29-17-15-24(5)35-28-18-16-27(39)21-34(28)42-37(29)35/h6-23H,1-5H3/i5D3. The normalized spacial score (nSPS) is 13.4. The van der Waals surface area contributed by atoms with E-state index in [9.17, 15) is 4.39 Å². The van der Waals surface area contributed by atoms with Gasteiger partial charge in [-0.05, 0) is 89.0 Å². The van der Waals surface area contributed by atoms with Crippen LogP contribution in [-0.2, 0) is 0 Å². The largest absolute Gasteiger partial charge is 0.455 e. The molecule has 208 valence electrons. The zero-order chi connectivity index (χ0) is 31.6. The molecule has 7 aromatic rings. The molecule has 0 radical (unpaired) electrons. The summed E-state index contributed by atoms with van der Waals surface area (Å²) in [5, 5.41) is 1.01. The third-order valence-corrected chi connectivity index (χ3v) is 8.13. The lowest BCUT2D eigenvalue weighted by molar-refractivity contribution is 0.618. The predicted octanol–water partition coefficient (Wildman–Crippen LogP) is 11.0. The number of para-hydroxylation sites is 2. The van der Waals surface area contributed by atoms with Crippen molar-refractivity contribution in [3.05, 3.63) is 120 Å². The number of aromatic nitrogens is 2. The number of furan rings is 1. The average molecular weight is 556 g/mol. The first kappa shape index (κ1) is 22.9. The van der Waals surface area contributed by atoms with Crippen LogP contribution in [0, 0.1) is 12.7 Å². The highest BCUT2D eigenvalue weighted by Crippen LogP contribution is 2.43. The van der Waals surface area contributed by atoms with E-state index in [0.717, 1.165) is 27.8 Å². The molecule has 0 bridgehead atoms. The third-order valence-electron chi connectivity index (χ3n) is 8.13. The van der Waals surface area contributed by atoms with Crippen LogP contribution in [0.15, 0.2) is 101 Å². The van der Waals surface area contributed by atoms with Gasteiger partial charge in [0.1, 0.15) is 22.8 Å². The molecule has 0 aliphatic rings. The highest BCUT2D eigenvalue weighted by atomic mass is 19.1. The van der Waals surface area contributed by atoms with Gasteiger partial charge in [-0.25, -0.2) is 9.37 Å². The number of hydrogen-bond donors (Lipinski definition) is 0. The van der Waals surface area contributed by atoms with E-state index < -0.39 is 12.7 Å². The smallest absolute Gasteiger partial charge is 0.149 e. The van der Waals surface area contributed by atoms with E-state index in [4.69, 9.17) is 13.5 Å². The van der Waals surface area contributed by atoms with Crippen LogP contribution in [0.25, 0.3) is 61.2 Å². The average Bonchev–Trinajstić information content (AvgIpc) is 3.58. The highest BCUT2D eigenvalue weighted by molar-refractivity contribution is 6.11. The Morgan fingerprint density at radius 1 is 0.786 bits per heavy atom. The Kier molecular flexibility index (Phi) is 5.45. The Morgan fingerprint density at radius 3 is 2.21 bits per heavy atom. The van der Waals surface area contributed by atoms with E-state index in [-0.39, 0.29) is 17.4 Å². The summed E-state index contributed by atoms with van der Waals surface area (Å²) in [6, 6.07) is 30.6. The predicted molar refractivity (Wildman–Crippen MR) is 172 cm³/mol. The van der Waals surface area contributed by atoms with Crippen molar-refractivity contribution in [1.29, 1.82) is 0 Å². The Morgan fingerprint density at radius 2 is 1.50 bits per heavy atom. The summed E-state index contributed by atoms with van der Waals surface area (Å²) < 4.78 is 47.8. The Bertz CT molecular complexity index is 2200. The van der Waals surface area contributed by atoms with Gasteiger partial charge in [0.2, 0.25) is 0 Å². The number of halogens is 1. The second-order valence-corrected chi connectivity index (χ2v) is 11.5. The van der Waals surface area contributed by atoms with Gasteiger partial charge in [0.05, 0.1) is 22.3 Å². The molecule has 0 aliphatic carbocycles. The molecule has 2 heterocycles. The summed E-state index contributed by atoms with van der Waals surface area (Å²) in [4.78, 5) is 5.16. The van der Waals surface area contributed by atoms with Crippen molar-refractivity contribution in [3.63, 3.8) is 0 Å². The third kappa shape index (κ3) is 4.13. The lowest BCUT2D eigenvalue weighted by Crippen LogP contribution is -2.09. The molecule has 0 aliphatic heterocycles. The summed E-state index contributed by atoms with van der Waals surface area (Å²) >= 11 is 0. The van der Waals surface area contributed by atoms with Gasteiger partial charge in [0.15, 0.2) is 0 Å². The van der Waals surface area contributed by atoms with E-state index in [0.29, 0.717) is 33.3 Å². The molecule has 0 amide bonds. The van der Waals surface area contributed by atoms with Crippen molar-refractivity contribution in [3.8, 4) is 28.2 Å². The Balaban J connectivity index is 1.61. The number of hydrogen-bond acceptors (Lipinski definition) is 2. The van der Waals surface area contributed by atoms with Crippen molar-refractivity contribution in [2.75, 3.05) is 0 Å². The minimum Gasteiger partial charge on any atom is -0.455 e. The van der Waals surface area contributed by atoms with Gasteiger partial charge in [-0.2, -0.15) is 0 Å². The quantitative estimate of drug-likeness (QED) is 0.211. The van der Waals surface area contributed by atoms with Crippen LogP contribution >= 0.6 is 0 Å². The number of imidazole rings is 1. The lowest BCUT2D eigenvalue weighted by Gasteiger charge is -2.24. The molecular weight excluding hydrogens is 519 g/mol. The van der Waals surface area contributed by atoms with E-state index in [2.05, 4.69) is 74.7 Å². The minimum absolute atomic E-state index is 0.159. The highest BCUT2D eigenvalue weighted by Gasteiger charge is 2.25. The molecule has 0 saturated heterocycles. The molecule has 0 unspecified atom stereocenters. The molecule has 3 nitrogen and oxygen atoms in total. The number of rotatable bonds is 5. The number of aryl methyl sites for hydroxylation is 1. The van der Waals surface area contributed by atoms with Crippen LogP contribution < -0.4 is 0 Å². The first-order chi connectivity index (χ1) is 21.5. The van der Waals surface area contributed by atoms with Crippen LogP contribution in [0.5, 0.6) is 0 Å². The van der Waals surface area contributed by atoms with Crippen LogP contribution in [0.1, 0.15) is 60.3 Å². The van der Waals surface area contributed by atoms with E-state index in [1.54, 1.807) is 18.2 Å². The second kappa shape index (κ2) is 9.99. The van der Waals surface area contributed by atoms with Crippen molar-refractivity contribution < 1.29 is 12.9 Å².